The lowest BCUT2D eigenvalue weighted by Gasteiger charge is -2.25. The van der Waals surface area contributed by atoms with Crippen LogP contribution in [0, 0.1) is 0 Å². The fraction of sp³-hybridized carbons (Fsp3) is 0.333. The van der Waals surface area contributed by atoms with Crippen LogP contribution in [0.1, 0.15) is 0 Å². The van der Waals surface area contributed by atoms with Crippen LogP contribution in [0.3, 0.4) is 0 Å². The van der Waals surface area contributed by atoms with Crippen LogP contribution in [0.15, 0.2) is 23.9 Å². The minimum atomic E-state index is -1.08. The van der Waals surface area contributed by atoms with E-state index in [1.165, 1.54) is 18.2 Å². The average molecular weight is 141 g/mol. The smallest absolute Gasteiger partial charge is 0.124 e. The van der Waals surface area contributed by atoms with Crippen LogP contribution < -0.4 is 17.2 Å². The van der Waals surface area contributed by atoms with Crippen LogP contribution in [0.2, 0.25) is 0 Å². The molecule has 1 atom stereocenters. The highest BCUT2D eigenvalue weighted by Crippen LogP contribution is 2.10. The van der Waals surface area contributed by atoms with Gasteiger partial charge in [-0.25, -0.2) is 0 Å². The summed E-state index contributed by atoms with van der Waals surface area (Å²) >= 11 is 0. The zero-order chi connectivity index (χ0) is 7.78. The van der Waals surface area contributed by atoms with Gasteiger partial charge in [0.25, 0.3) is 0 Å². The Kier molecular flexibility index (Phi) is 1.52. The van der Waals surface area contributed by atoms with Crippen molar-refractivity contribution in [1.29, 1.82) is 0 Å². The number of rotatable bonds is 0. The van der Waals surface area contributed by atoms with Gasteiger partial charge in [-0.15, -0.1) is 0 Å². The Hall–Kier alpha value is -0.840. The van der Waals surface area contributed by atoms with Crippen molar-refractivity contribution >= 4 is 0 Å². The summed E-state index contributed by atoms with van der Waals surface area (Å²) in [7, 11) is 0. The first-order valence-electron chi connectivity index (χ1n) is 2.95. The van der Waals surface area contributed by atoms with Crippen molar-refractivity contribution in [2.24, 2.45) is 17.2 Å². The SMILES string of the molecule is NC1=CC(O)C=CC1(N)N. The minimum absolute atomic E-state index is 0.294. The summed E-state index contributed by atoms with van der Waals surface area (Å²) < 4.78 is 0. The third-order valence-electron chi connectivity index (χ3n) is 1.42. The Morgan fingerprint density at radius 3 is 2.50 bits per heavy atom. The van der Waals surface area contributed by atoms with E-state index in [9.17, 15) is 0 Å². The molecule has 7 N–H and O–H groups in total. The molecule has 0 saturated heterocycles. The van der Waals surface area contributed by atoms with E-state index >= 15 is 0 Å². The van der Waals surface area contributed by atoms with Crippen LogP contribution >= 0.6 is 0 Å². The molecule has 56 valence electrons. The molecule has 4 nitrogen and oxygen atoms in total. The number of aliphatic hydroxyl groups is 1. The maximum Gasteiger partial charge on any atom is 0.124 e. The molecule has 0 aromatic heterocycles. The van der Waals surface area contributed by atoms with Crippen molar-refractivity contribution in [2.75, 3.05) is 0 Å². The summed E-state index contributed by atoms with van der Waals surface area (Å²) in [6.07, 6.45) is 3.74. The van der Waals surface area contributed by atoms with Crippen LogP contribution in [0.5, 0.6) is 0 Å². The Balaban J connectivity index is 2.87. The number of aliphatic hydroxyl groups excluding tert-OH is 1. The molecule has 0 aromatic rings. The van der Waals surface area contributed by atoms with Crippen molar-refractivity contribution < 1.29 is 5.11 Å². The molecule has 0 fully saturated rings. The zero-order valence-electron chi connectivity index (χ0n) is 5.49. The summed E-state index contributed by atoms with van der Waals surface area (Å²) in [5.41, 5.74) is 15.6. The summed E-state index contributed by atoms with van der Waals surface area (Å²) in [5.74, 6) is 0. The van der Waals surface area contributed by atoms with E-state index in [0.717, 1.165) is 0 Å². The first-order valence-corrected chi connectivity index (χ1v) is 2.95. The second-order valence-electron chi connectivity index (χ2n) is 2.40. The van der Waals surface area contributed by atoms with E-state index in [1.54, 1.807) is 0 Å². The largest absolute Gasteiger partial charge is 0.399 e. The second kappa shape index (κ2) is 2.09. The third kappa shape index (κ3) is 1.18. The first kappa shape index (κ1) is 7.27. The monoisotopic (exact) mass is 141 g/mol. The Labute approximate surface area is 59.0 Å². The van der Waals surface area contributed by atoms with Crippen molar-refractivity contribution in [3.63, 3.8) is 0 Å². The van der Waals surface area contributed by atoms with E-state index in [1.807, 2.05) is 0 Å². The molecule has 0 heterocycles. The lowest BCUT2D eigenvalue weighted by molar-refractivity contribution is 0.265. The van der Waals surface area contributed by atoms with Crippen LogP contribution in [0.4, 0.5) is 0 Å². The molecule has 0 aliphatic heterocycles. The fourth-order valence-electron chi connectivity index (χ4n) is 0.738. The van der Waals surface area contributed by atoms with Crippen LogP contribution in [-0.2, 0) is 0 Å². The van der Waals surface area contributed by atoms with Crippen molar-refractivity contribution in [1.82, 2.24) is 0 Å². The van der Waals surface area contributed by atoms with Crippen molar-refractivity contribution in [3.8, 4) is 0 Å². The maximum atomic E-state index is 8.96. The highest BCUT2D eigenvalue weighted by Gasteiger charge is 2.22. The predicted molar refractivity (Wildman–Crippen MR) is 38.5 cm³/mol. The van der Waals surface area contributed by atoms with Gasteiger partial charge in [-0.2, -0.15) is 0 Å². The molecule has 1 aliphatic rings. The molecule has 0 bridgehead atoms. The Morgan fingerprint density at radius 1 is 1.50 bits per heavy atom. The van der Waals surface area contributed by atoms with Gasteiger partial charge in [0.2, 0.25) is 0 Å². The van der Waals surface area contributed by atoms with E-state index < -0.39 is 11.8 Å². The summed E-state index contributed by atoms with van der Waals surface area (Å²) in [5, 5.41) is 8.96. The molecule has 1 aliphatic carbocycles. The molecule has 1 unspecified atom stereocenters. The second-order valence-corrected chi connectivity index (χ2v) is 2.40. The van der Waals surface area contributed by atoms with Crippen LogP contribution in [-0.4, -0.2) is 16.9 Å². The third-order valence-corrected chi connectivity index (χ3v) is 1.42. The molecular formula is C6H11N3O. The van der Waals surface area contributed by atoms with Gasteiger partial charge >= 0.3 is 0 Å². The van der Waals surface area contributed by atoms with E-state index in [-0.39, 0.29) is 0 Å². The zero-order valence-corrected chi connectivity index (χ0v) is 5.49. The van der Waals surface area contributed by atoms with Crippen molar-refractivity contribution in [3.05, 3.63) is 23.9 Å². The predicted octanol–water partition coefficient (Wildman–Crippen LogP) is -1.63. The lowest BCUT2D eigenvalue weighted by Crippen LogP contribution is -2.53. The summed E-state index contributed by atoms with van der Waals surface area (Å²) in [6, 6.07) is 0. The van der Waals surface area contributed by atoms with Crippen molar-refractivity contribution in [2.45, 2.75) is 11.8 Å². The molecule has 10 heavy (non-hydrogen) atoms. The molecule has 1 rings (SSSR count). The molecule has 4 heteroatoms. The van der Waals surface area contributed by atoms with Gasteiger partial charge < -0.3 is 22.3 Å². The molecule has 0 amide bonds. The maximum absolute atomic E-state index is 8.96. The Morgan fingerprint density at radius 2 is 2.10 bits per heavy atom. The quantitative estimate of drug-likeness (QED) is 0.240. The number of hydrogen-bond donors (Lipinski definition) is 4. The molecule has 0 radical (unpaired) electrons. The Bertz CT molecular complexity index is 195. The highest BCUT2D eigenvalue weighted by molar-refractivity contribution is 5.30. The molecule has 0 saturated carbocycles. The van der Waals surface area contributed by atoms with E-state index in [2.05, 4.69) is 0 Å². The molecule has 0 spiro atoms. The van der Waals surface area contributed by atoms with Gasteiger partial charge in [-0.3, -0.25) is 0 Å². The topological polar surface area (TPSA) is 98.3 Å². The van der Waals surface area contributed by atoms with Gasteiger partial charge in [0.05, 0.1) is 6.10 Å². The molecule has 0 aromatic carbocycles. The fourth-order valence-corrected chi connectivity index (χ4v) is 0.738. The van der Waals surface area contributed by atoms with Gasteiger partial charge in [-0.05, 0) is 12.2 Å². The minimum Gasteiger partial charge on any atom is -0.399 e. The van der Waals surface area contributed by atoms with E-state index in [0.29, 0.717) is 5.70 Å². The van der Waals surface area contributed by atoms with Gasteiger partial charge in [-0.1, -0.05) is 6.08 Å². The van der Waals surface area contributed by atoms with Gasteiger partial charge in [0.1, 0.15) is 5.66 Å². The average Bonchev–Trinajstić information content (AvgIpc) is 1.81. The standard InChI is InChI=1S/C6H11N3O/c7-5-3-4(10)1-2-6(5,8)9/h1-4,10H,7-9H2. The first-order chi connectivity index (χ1) is 4.52. The van der Waals surface area contributed by atoms with Crippen LogP contribution in [0.25, 0.3) is 0 Å². The normalized spacial score (nSPS) is 29.9. The van der Waals surface area contributed by atoms with Gasteiger partial charge in [0, 0.05) is 5.70 Å². The lowest BCUT2D eigenvalue weighted by atomic mass is 10.0. The number of hydrogen-bond acceptors (Lipinski definition) is 4. The number of nitrogens with two attached hydrogens (primary N) is 3. The van der Waals surface area contributed by atoms with Gasteiger partial charge in [0.15, 0.2) is 0 Å². The molecular weight excluding hydrogens is 130 g/mol. The summed E-state index contributed by atoms with van der Waals surface area (Å²) in [4.78, 5) is 0. The van der Waals surface area contributed by atoms with E-state index in [4.69, 9.17) is 22.3 Å². The summed E-state index contributed by atoms with van der Waals surface area (Å²) in [6.45, 7) is 0. The highest BCUT2D eigenvalue weighted by atomic mass is 16.3.